The van der Waals surface area contributed by atoms with Crippen LogP contribution < -0.4 is 4.74 Å². The number of hydrogen-bond donors (Lipinski definition) is 0. The van der Waals surface area contributed by atoms with E-state index in [2.05, 4.69) is 45.9 Å². The van der Waals surface area contributed by atoms with Gasteiger partial charge in [-0.1, -0.05) is 52.0 Å². The highest BCUT2D eigenvalue weighted by molar-refractivity contribution is 7.21. The lowest BCUT2D eigenvalue weighted by atomic mass is 9.89. The first-order chi connectivity index (χ1) is 13.9. The summed E-state index contributed by atoms with van der Waals surface area (Å²) in [6.45, 7) is 13.7. The summed E-state index contributed by atoms with van der Waals surface area (Å²) >= 11 is 1.49. The maximum absolute atomic E-state index is 12.3. The number of hydrogen-bond acceptors (Lipinski definition) is 4. The van der Waals surface area contributed by atoms with E-state index in [1.165, 1.54) is 22.5 Å². The SMILES string of the molecule is CCOC(=O)c1cc2cccc(-c3cc(C(C)C)cc(C(C)C)c3OCC)c2s1. The second-order valence-electron chi connectivity index (χ2n) is 7.78. The zero-order chi connectivity index (χ0) is 21.1. The van der Waals surface area contributed by atoms with Gasteiger partial charge in [0.1, 0.15) is 10.6 Å². The minimum Gasteiger partial charge on any atom is -0.493 e. The van der Waals surface area contributed by atoms with Crippen LogP contribution in [0.1, 0.15) is 74.2 Å². The van der Waals surface area contributed by atoms with Gasteiger partial charge < -0.3 is 9.47 Å². The van der Waals surface area contributed by atoms with E-state index in [-0.39, 0.29) is 5.97 Å². The number of thiophene rings is 1. The van der Waals surface area contributed by atoms with Gasteiger partial charge in [-0.05, 0) is 54.3 Å². The smallest absolute Gasteiger partial charge is 0.348 e. The van der Waals surface area contributed by atoms with Crippen LogP contribution in [0.3, 0.4) is 0 Å². The van der Waals surface area contributed by atoms with Crippen molar-refractivity contribution in [3.05, 3.63) is 52.4 Å². The van der Waals surface area contributed by atoms with Crippen molar-refractivity contribution in [1.82, 2.24) is 0 Å². The molecule has 3 aromatic rings. The van der Waals surface area contributed by atoms with Crippen LogP contribution in [0.5, 0.6) is 5.75 Å². The molecule has 154 valence electrons. The van der Waals surface area contributed by atoms with E-state index < -0.39 is 0 Å². The third-order valence-electron chi connectivity index (χ3n) is 5.03. The first kappa shape index (κ1) is 21.4. The number of benzene rings is 2. The molecule has 0 spiro atoms. The monoisotopic (exact) mass is 410 g/mol. The Morgan fingerprint density at radius 3 is 2.34 bits per heavy atom. The first-order valence-electron chi connectivity index (χ1n) is 10.4. The summed E-state index contributed by atoms with van der Waals surface area (Å²) in [7, 11) is 0. The Bertz CT molecular complexity index is 1010. The van der Waals surface area contributed by atoms with Crippen LogP contribution in [0.4, 0.5) is 0 Å². The molecule has 3 nitrogen and oxygen atoms in total. The molecule has 1 aromatic heterocycles. The Hall–Kier alpha value is -2.33. The number of ether oxygens (including phenoxy) is 2. The second-order valence-corrected chi connectivity index (χ2v) is 8.84. The lowest BCUT2D eigenvalue weighted by Gasteiger charge is -2.21. The summed E-state index contributed by atoms with van der Waals surface area (Å²) in [5.41, 5.74) is 4.74. The standard InChI is InChI=1S/C25H30O3S/c1-7-27-23-20(16(5)6)12-18(15(3)4)13-21(23)19-11-9-10-17-14-22(29-24(17)19)25(26)28-8-2/h9-16H,7-8H2,1-6H3. The third-order valence-corrected chi connectivity index (χ3v) is 6.19. The highest BCUT2D eigenvalue weighted by Gasteiger charge is 2.20. The Morgan fingerprint density at radius 2 is 1.72 bits per heavy atom. The summed E-state index contributed by atoms with van der Waals surface area (Å²) in [5, 5.41) is 1.05. The van der Waals surface area contributed by atoms with Crippen molar-refractivity contribution in [2.75, 3.05) is 13.2 Å². The molecule has 0 aliphatic carbocycles. The molecule has 0 atom stereocenters. The molecule has 0 amide bonds. The molecular formula is C25H30O3S. The van der Waals surface area contributed by atoms with E-state index in [1.54, 1.807) is 0 Å². The molecule has 4 heteroatoms. The molecule has 0 aliphatic heterocycles. The van der Waals surface area contributed by atoms with Crippen LogP contribution in [0, 0.1) is 0 Å². The van der Waals surface area contributed by atoms with E-state index in [1.807, 2.05) is 32.0 Å². The fourth-order valence-corrected chi connectivity index (χ4v) is 4.60. The topological polar surface area (TPSA) is 35.5 Å². The maximum atomic E-state index is 12.3. The molecule has 0 aliphatic rings. The van der Waals surface area contributed by atoms with Gasteiger partial charge in [0.25, 0.3) is 0 Å². The zero-order valence-electron chi connectivity index (χ0n) is 18.2. The number of carbonyl (C=O) groups excluding carboxylic acids is 1. The maximum Gasteiger partial charge on any atom is 0.348 e. The molecule has 0 unspecified atom stereocenters. The van der Waals surface area contributed by atoms with Gasteiger partial charge in [-0.25, -0.2) is 4.79 Å². The molecule has 0 radical (unpaired) electrons. The third kappa shape index (κ3) is 4.32. The average Bonchev–Trinajstić information content (AvgIpc) is 3.12. The van der Waals surface area contributed by atoms with Gasteiger partial charge in [-0.15, -0.1) is 11.3 Å². The van der Waals surface area contributed by atoms with Crippen molar-refractivity contribution in [3.63, 3.8) is 0 Å². The molecule has 2 aromatic carbocycles. The minimum atomic E-state index is -0.261. The Labute approximate surface area is 177 Å². The summed E-state index contributed by atoms with van der Waals surface area (Å²) in [5.74, 6) is 1.46. The number of rotatable bonds is 7. The molecule has 0 N–H and O–H groups in total. The number of esters is 1. The average molecular weight is 411 g/mol. The summed E-state index contributed by atoms with van der Waals surface area (Å²) in [4.78, 5) is 12.9. The normalized spacial score (nSPS) is 11.4. The van der Waals surface area contributed by atoms with Crippen molar-refractivity contribution in [2.24, 2.45) is 0 Å². The Kier molecular flexibility index (Phi) is 6.63. The highest BCUT2D eigenvalue weighted by Crippen LogP contribution is 2.44. The van der Waals surface area contributed by atoms with Crippen LogP contribution >= 0.6 is 11.3 Å². The lowest BCUT2D eigenvalue weighted by Crippen LogP contribution is -2.03. The first-order valence-corrected chi connectivity index (χ1v) is 11.2. The van der Waals surface area contributed by atoms with Gasteiger partial charge in [-0.2, -0.15) is 0 Å². The van der Waals surface area contributed by atoms with Gasteiger partial charge in [0.15, 0.2) is 0 Å². The fourth-order valence-electron chi connectivity index (χ4n) is 3.52. The van der Waals surface area contributed by atoms with E-state index in [9.17, 15) is 4.79 Å². The molecule has 3 rings (SSSR count). The number of carbonyl (C=O) groups is 1. The highest BCUT2D eigenvalue weighted by atomic mass is 32.1. The molecule has 0 saturated heterocycles. The van der Waals surface area contributed by atoms with Gasteiger partial charge in [0.05, 0.1) is 13.2 Å². The van der Waals surface area contributed by atoms with Crippen molar-refractivity contribution < 1.29 is 14.3 Å². The molecule has 29 heavy (non-hydrogen) atoms. The van der Waals surface area contributed by atoms with E-state index in [0.29, 0.717) is 29.9 Å². The Balaban J connectivity index is 2.28. The molecular weight excluding hydrogens is 380 g/mol. The summed E-state index contributed by atoms with van der Waals surface area (Å²) < 4.78 is 12.5. The van der Waals surface area contributed by atoms with Crippen LogP contribution in [-0.4, -0.2) is 19.2 Å². The van der Waals surface area contributed by atoms with Gasteiger partial charge in [-0.3, -0.25) is 0 Å². The molecule has 0 saturated carbocycles. The van der Waals surface area contributed by atoms with Crippen molar-refractivity contribution in [1.29, 1.82) is 0 Å². The van der Waals surface area contributed by atoms with E-state index >= 15 is 0 Å². The van der Waals surface area contributed by atoms with Crippen molar-refractivity contribution in [2.45, 2.75) is 53.4 Å². The van der Waals surface area contributed by atoms with Gasteiger partial charge in [0.2, 0.25) is 0 Å². The van der Waals surface area contributed by atoms with Gasteiger partial charge in [0, 0.05) is 15.8 Å². The van der Waals surface area contributed by atoms with Crippen LogP contribution in [-0.2, 0) is 4.74 Å². The second kappa shape index (κ2) is 9.00. The van der Waals surface area contributed by atoms with Crippen molar-refractivity contribution >= 4 is 27.4 Å². The van der Waals surface area contributed by atoms with Crippen LogP contribution in [0.2, 0.25) is 0 Å². The molecule has 1 heterocycles. The number of fused-ring (bicyclic) bond motifs is 1. The fraction of sp³-hybridized carbons (Fsp3) is 0.400. The predicted molar refractivity (Wildman–Crippen MR) is 123 cm³/mol. The lowest BCUT2D eigenvalue weighted by molar-refractivity contribution is 0.0532. The Morgan fingerprint density at radius 1 is 0.966 bits per heavy atom. The van der Waals surface area contributed by atoms with E-state index in [0.717, 1.165) is 27.0 Å². The summed E-state index contributed by atoms with van der Waals surface area (Å²) in [6, 6.07) is 12.7. The molecule has 0 fully saturated rings. The van der Waals surface area contributed by atoms with Gasteiger partial charge >= 0.3 is 5.97 Å². The predicted octanol–water partition coefficient (Wildman–Crippen LogP) is 7.39. The quantitative estimate of drug-likeness (QED) is 0.381. The minimum absolute atomic E-state index is 0.261. The molecule has 0 bridgehead atoms. The van der Waals surface area contributed by atoms with E-state index in [4.69, 9.17) is 9.47 Å². The largest absolute Gasteiger partial charge is 0.493 e. The van der Waals surface area contributed by atoms with Crippen molar-refractivity contribution in [3.8, 4) is 16.9 Å². The van der Waals surface area contributed by atoms with Crippen LogP contribution in [0.25, 0.3) is 21.2 Å². The zero-order valence-corrected chi connectivity index (χ0v) is 19.0. The van der Waals surface area contributed by atoms with Crippen LogP contribution in [0.15, 0.2) is 36.4 Å². The summed E-state index contributed by atoms with van der Waals surface area (Å²) in [6.07, 6.45) is 0.